The third-order valence-corrected chi connectivity index (χ3v) is 6.34. The molecule has 29 heavy (non-hydrogen) atoms. The molecule has 1 aromatic heterocycles. The SMILES string of the molecule is Cc1cc(C(=O)CN2C(=O)NC(C)(C3CC3)C2=O)c(C)n1CCc1ccccc1. The van der Waals surface area contributed by atoms with E-state index in [-0.39, 0.29) is 24.2 Å². The molecule has 0 radical (unpaired) electrons. The van der Waals surface area contributed by atoms with Gasteiger partial charge in [0.25, 0.3) is 5.91 Å². The summed E-state index contributed by atoms with van der Waals surface area (Å²) in [7, 11) is 0. The Kier molecular flexibility index (Phi) is 4.81. The summed E-state index contributed by atoms with van der Waals surface area (Å²) < 4.78 is 2.13. The number of rotatable bonds is 7. The molecule has 1 saturated heterocycles. The van der Waals surface area contributed by atoms with Crippen LogP contribution in [-0.2, 0) is 17.8 Å². The van der Waals surface area contributed by atoms with E-state index >= 15 is 0 Å². The van der Waals surface area contributed by atoms with Crippen molar-refractivity contribution in [2.45, 2.75) is 52.1 Å². The van der Waals surface area contributed by atoms with Crippen LogP contribution in [0.25, 0.3) is 0 Å². The first-order valence-electron chi connectivity index (χ1n) is 10.2. The molecule has 3 amide bonds. The topological polar surface area (TPSA) is 71.4 Å². The highest BCUT2D eigenvalue weighted by molar-refractivity contribution is 6.11. The Bertz CT molecular complexity index is 975. The smallest absolute Gasteiger partial charge is 0.325 e. The molecule has 152 valence electrons. The number of urea groups is 1. The number of nitrogens with zero attached hydrogens (tertiary/aromatic N) is 2. The molecule has 1 saturated carbocycles. The molecule has 1 unspecified atom stereocenters. The molecule has 0 bridgehead atoms. The van der Waals surface area contributed by atoms with Gasteiger partial charge in [-0.25, -0.2) is 4.79 Å². The summed E-state index contributed by atoms with van der Waals surface area (Å²) in [4.78, 5) is 39.2. The van der Waals surface area contributed by atoms with Crippen LogP contribution in [0, 0.1) is 19.8 Å². The standard InChI is InChI=1S/C23H27N3O3/c1-15-13-19(16(2)25(15)12-11-17-7-5-4-6-8-17)20(27)14-26-21(28)23(3,18-9-10-18)24-22(26)29/h4-8,13,18H,9-12,14H2,1-3H3,(H,24,29). The lowest BCUT2D eigenvalue weighted by molar-refractivity contribution is -0.131. The van der Waals surface area contributed by atoms with Crippen LogP contribution >= 0.6 is 0 Å². The van der Waals surface area contributed by atoms with Crippen molar-refractivity contribution in [2.24, 2.45) is 5.92 Å². The van der Waals surface area contributed by atoms with Gasteiger partial charge in [-0.1, -0.05) is 30.3 Å². The Hall–Kier alpha value is -2.89. The number of ketones is 1. The van der Waals surface area contributed by atoms with Crippen LogP contribution in [0.5, 0.6) is 0 Å². The zero-order valence-electron chi connectivity index (χ0n) is 17.2. The van der Waals surface area contributed by atoms with Gasteiger partial charge in [0, 0.05) is 23.5 Å². The normalized spacial score (nSPS) is 21.6. The molecule has 4 rings (SSSR count). The highest BCUT2D eigenvalue weighted by atomic mass is 16.2. The lowest BCUT2D eigenvalue weighted by atomic mass is 9.96. The molecule has 1 aromatic carbocycles. The minimum atomic E-state index is -0.857. The van der Waals surface area contributed by atoms with E-state index in [1.165, 1.54) is 5.56 Å². The van der Waals surface area contributed by atoms with Crippen LogP contribution in [0.15, 0.2) is 36.4 Å². The quantitative estimate of drug-likeness (QED) is 0.580. The third-order valence-electron chi connectivity index (χ3n) is 6.34. The average Bonchev–Trinajstić information content (AvgIpc) is 3.48. The van der Waals surface area contributed by atoms with Crippen LogP contribution in [0.4, 0.5) is 4.79 Å². The van der Waals surface area contributed by atoms with Crippen LogP contribution in [-0.4, -0.2) is 39.3 Å². The Morgan fingerprint density at radius 3 is 2.52 bits per heavy atom. The Morgan fingerprint density at radius 2 is 1.86 bits per heavy atom. The van der Waals surface area contributed by atoms with Crippen molar-refractivity contribution in [1.29, 1.82) is 0 Å². The number of carbonyl (C=O) groups excluding carboxylic acids is 3. The molecule has 2 aromatic rings. The van der Waals surface area contributed by atoms with Gasteiger partial charge in [0.15, 0.2) is 5.78 Å². The van der Waals surface area contributed by atoms with Gasteiger partial charge in [0.1, 0.15) is 5.54 Å². The zero-order valence-corrected chi connectivity index (χ0v) is 17.2. The summed E-state index contributed by atoms with van der Waals surface area (Å²) in [6.45, 7) is 6.23. The zero-order chi connectivity index (χ0) is 20.8. The van der Waals surface area contributed by atoms with E-state index in [1.807, 2.05) is 38.1 Å². The van der Waals surface area contributed by atoms with Crippen LogP contribution in [0.1, 0.15) is 47.1 Å². The second kappa shape index (κ2) is 7.17. The molecule has 2 aliphatic rings. The molecule has 0 spiro atoms. The number of aromatic nitrogens is 1. The highest BCUT2D eigenvalue weighted by Crippen LogP contribution is 2.42. The molecular weight excluding hydrogens is 366 g/mol. The molecular formula is C23H27N3O3. The summed E-state index contributed by atoms with van der Waals surface area (Å²) in [6, 6.07) is 11.6. The van der Waals surface area contributed by atoms with E-state index in [1.54, 1.807) is 6.92 Å². The van der Waals surface area contributed by atoms with E-state index < -0.39 is 11.6 Å². The summed E-state index contributed by atoms with van der Waals surface area (Å²) in [5.41, 5.74) is 2.84. The molecule has 2 fully saturated rings. The van der Waals surface area contributed by atoms with Crippen LogP contribution < -0.4 is 5.32 Å². The fourth-order valence-electron chi connectivity index (χ4n) is 4.34. The van der Waals surface area contributed by atoms with Crippen LogP contribution in [0.3, 0.4) is 0 Å². The summed E-state index contributed by atoms with van der Waals surface area (Å²) >= 11 is 0. The maximum atomic E-state index is 13.0. The van der Waals surface area contributed by atoms with Crippen molar-refractivity contribution in [2.75, 3.05) is 6.54 Å². The predicted molar refractivity (Wildman–Crippen MR) is 110 cm³/mol. The average molecular weight is 393 g/mol. The number of hydrogen-bond donors (Lipinski definition) is 1. The summed E-state index contributed by atoms with van der Waals surface area (Å²) in [5.74, 6) is -0.300. The van der Waals surface area contributed by atoms with Gasteiger partial charge < -0.3 is 9.88 Å². The van der Waals surface area contributed by atoms with E-state index in [9.17, 15) is 14.4 Å². The molecule has 1 aliphatic carbocycles. The Morgan fingerprint density at radius 1 is 1.17 bits per heavy atom. The number of hydrogen-bond acceptors (Lipinski definition) is 3. The Labute approximate surface area is 170 Å². The minimum Gasteiger partial charge on any atom is -0.348 e. The third kappa shape index (κ3) is 3.48. The van der Waals surface area contributed by atoms with Gasteiger partial charge >= 0.3 is 6.03 Å². The van der Waals surface area contributed by atoms with Crippen molar-refractivity contribution < 1.29 is 14.4 Å². The molecule has 2 heterocycles. The lowest BCUT2D eigenvalue weighted by Gasteiger charge is -2.20. The number of imide groups is 1. The fourth-order valence-corrected chi connectivity index (χ4v) is 4.34. The number of benzene rings is 1. The maximum Gasteiger partial charge on any atom is 0.325 e. The number of carbonyl (C=O) groups is 3. The number of Topliss-reactive ketones (excluding diaryl/α,β-unsaturated/α-hetero) is 1. The fraction of sp³-hybridized carbons (Fsp3) is 0.435. The van der Waals surface area contributed by atoms with Crippen molar-refractivity contribution in [3.8, 4) is 0 Å². The number of nitrogens with one attached hydrogen (secondary N) is 1. The molecule has 1 aliphatic heterocycles. The van der Waals surface area contributed by atoms with Gasteiger partial charge in [0.05, 0.1) is 6.54 Å². The maximum absolute atomic E-state index is 13.0. The first-order chi connectivity index (χ1) is 13.8. The van der Waals surface area contributed by atoms with Crippen molar-refractivity contribution in [3.63, 3.8) is 0 Å². The van der Waals surface area contributed by atoms with Crippen molar-refractivity contribution in [1.82, 2.24) is 14.8 Å². The van der Waals surface area contributed by atoms with Gasteiger partial charge in [-0.15, -0.1) is 0 Å². The first kappa shape index (κ1) is 19.4. The summed E-state index contributed by atoms with van der Waals surface area (Å²) in [6.07, 6.45) is 2.75. The Balaban J connectivity index is 1.48. The number of amides is 3. The van der Waals surface area contributed by atoms with E-state index in [0.717, 1.165) is 42.1 Å². The largest absolute Gasteiger partial charge is 0.348 e. The molecule has 6 nitrogen and oxygen atoms in total. The van der Waals surface area contributed by atoms with Crippen molar-refractivity contribution >= 4 is 17.7 Å². The number of aryl methyl sites for hydroxylation is 2. The van der Waals surface area contributed by atoms with E-state index in [4.69, 9.17) is 0 Å². The van der Waals surface area contributed by atoms with Gasteiger partial charge in [-0.05, 0) is 57.6 Å². The highest BCUT2D eigenvalue weighted by Gasteiger charge is 2.56. The second-order valence-corrected chi connectivity index (χ2v) is 8.39. The summed E-state index contributed by atoms with van der Waals surface area (Å²) in [5, 5.41) is 2.80. The predicted octanol–water partition coefficient (Wildman–Crippen LogP) is 3.25. The lowest BCUT2D eigenvalue weighted by Crippen LogP contribution is -2.46. The first-order valence-corrected chi connectivity index (χ1v) is 10.2. The molecule has 6 heteroatoms. The molecule has 1 N–H and O–H groups in total. The van der Waals surface area contributed by atoms with E-state index in [2.05, 4.69) is 22.0 Å². The van der Waals surface area contributed by atoms with Gasteiger partial charge in [0.2, 0.25) is 0 Å². The van der Waals surface area contributed by atoms with E-state index in [0.29, 0.717) is 5.56 Å². The van der Waals surface area contributed by atoms with Gasteiger partial charge in [-0.3, -0.25) is 14.5 Å². The van der Waals surface area contributed by atoms with Crippen LogP contribution in [0.2, 0.25) is 0 Å². The van der Waals surface area contributed by atoms with Crippen molar-refractivity contribution in [3.05, 3.63) is 58.9 Å². The monoisotopic (exact) mass is 393 g/mol. The minimum absolute atomic E-state index is 0.183. The molecule has 1 atom stereocenters. The second-order valence-electron chi connectivity index (χ2n) is 8.39. The van der Waals surface area contributed by atoms with Gasteiger partial charge in [-0.2, -0.15) is 0 Å².